The Balaban J connectivity index is 0. The van der Waals surface area contributed by atoms with Crippen molar-refractivity contribution in [3.05, 3.63) is 23.8 Å². The summed E-state index contributed by atoms with van der Waals surface area (Å²) in [6, 6.07) is 5.69. The van der Waals surface area contributed by atoms with Gasteiger partial charge in [0, 0.05) is 11.6 Å². The smallest absolute Gasteiger partial charge is 0.227 e. The van der Waals surface area contributed by atoms with Gasteiger partial charge >= 0.3 is 0 Å². The summed E-state index contributed by atoms with van der Waals surface area (Å²) in [6.07, 6.45) is 3.88. The van der Waals surface area contributed by atoms with Crippen molar-refractivity contribution in [2.24, 2.45) is 17.6 Å². The van der Waals surface area contributed by atoms with Crippen LogP contribution >= 0.6 is 0 Å². The molecule has 0 heterocycles. The van der Waals surface area contributed by atoms with Gasteiger partial charge in [-0.05, 0) is 49.1 Å². The highest BCUT2D eigenvalue weighted by Crippen LogP contribution is 2.25. The summed E-state index contributed by atoms with van der Waals surface area (Å²) < 4.78 is 5.23. The number of carbonyl (C=O) groups excluding carboxylic acids is 1. The molecule has 1 amide bonds. The lowest BCUT2D eigenvalue weighted by atomic mass is 9.90. The average Bonchev–Trinajstić information content (AvgIpc) is 2.63. The molecule has 4 nitrogen and oxygen atoms in total. The number of carbonyl (C=O) groups is 1. The summed E-state index contributed by atoms with van der Waals surface area (Å²) in [4.78, 5) is 12.5. The molecule has 0 aliphatic rings. The van der Waals surface area contributed by atoms with Gasteiger partial charge in [-0.1, -0.05) is 61.3 Å². The Bertz CT molecular complexity index is 473. The van der Waals surface area contributed by atoms with E-state index in [1.807, 2.05) is 32.0 Å². The summed E-state index contributed by atoms with van der Waals surface area (Å²) in [5.41, 5.74) is 7.51. The van der Waals surface area contributed by atoms with E-state index >= 15 is 0 Å². The Morgan fingerprint density at radius 3 is 2.19 bits per heavy atom. The minimum Gasteiger partial charge on any atom is -0.497 e. The number of rotatable bonds is 8. The molecular weight excluding hydrogens is 324 g/mol. The van der Waals surface area contributed by atoms with Gasteiger partial charge in [-0.25, -0.2) is 0 Å². The van der Waals surface area contributed by atoms with Gasteiger partial charge in [-0.3, -0.25) is 4.79 Å². The fourth-order valence-corrected chi connectivity index (χ4v) is 2.48. The average molecular weight is 367 g/mol. The number of anilines is 1. The molecule has 0 bridgehead atoms. The molecule has 0 aliphatic carbocycles. The fraction of sp³-hybridized carbons (Fsp3) is 0.682. The standard InChI is InChI=1S/C17H28N2O2.C3H8.C2H6/c1-5-6-15(12(2)3)17(20)19-16-8-7-14(21-4)11-13(16)9-10-18;1-3-2;1-2/h7-8,11-12,15H,5-6,9-10,18H2,1-4H3,(H,19,20);3H2,1-2H3;1-2H3. The highest BCUT2D eigenvalue weighted by Gasteiger charge is 2.22. The van der Waals surface area contributed by atoms with E-state index in [4.69, 9.17) is 10.5 Å². The molecule has 0 spiro atoms. The van der Waals surface area contributed by atoms with E-state index in [9.17, 15) is 4.79 Å². The quantitative estimate of drug-likeness (QED) is 0.625. The summed E-state index contributed by atoms with van der Waals surface area (Å²) in [5.74, 6) is 1.25. The first-order valence-electron chi connectivity index (χ1n) is 10.1. The molecule has 4 heteroatoms. The van der Waals surface area contributed by atoms with Crippen molar-refractivity contribution in [2.75, 3.05) is 19.0 Å². The zero-order valence-corrected chi connectivity index (χ0v) is 18.3. The predicted molar refractivity (Wildman–Crippen MR) is 115 cm³/mol. The number of methoxy groups -OCH3 is 1. The first-order chi connectivity index (χ1) is 12.4. The van der Waals surface area contributed by atoms with Crippen LogP contribution in [0.15, 0.2) is 18.2 Å². The molecule has 1 unspecified atom stereocenters. The first-order valence-corrected chi connectivity index (χ1v) is 10.1. The van der Waals surface area contributed by atoms with Crippen LogP contribution in [0.2, 0.25) is 0 Å². The van der Waals surface area contributed by atoms with Gasteiger partial charge in [0.2, 0.25) is 5.91 Å². The van der Waals surface area contributed by atoms with Gasteiger partial charge in [0.1, 0.15) is 5.75 Å². The second kappa shape index (κ2) is 16.9. The largest absolute Gasteiger partial charge is 0.497 e. The topological polar surface area (TPSA) is 64.3 Å². The number of hydrogen-bond acceptors (Lipinski definition) is 3. The molecule has 1 rings (SSSR count). The van der Waals surface area contributed by atoms with E-state index in [1.165, 1.54) is 6.42 Å². The summed E-state index contributed by atoms with van der Waals surface area (Å²) >= 11 is 0. The number of benzene rings is 1. The minimum absolute atomic E-state index is 0.0443. The fourth-order valence-electron chi connectivity index (χ4n) is 2.48. The monoisotopic (exact) mass is 366 g/mol. The molecule has 0 saturated heterocycles. The van der Waals surface area contributed by atoms with Crippen LogP contribution in [-0.2, 0) is 11.2 Å². The zero-order valence-electron chi connectivity index (χ0n) is 18.3. The molecule has 0 aliphatic heterocycles. The third kappa shape index (κ3) is 10.4. The zero-order chi connectivity index (χ0) is 20.5. The van der Waals surface area contributed by atoms with Crippen molar-refractivity contribution in [3.8, 4) is 5.75 Å². The molecule has 1 aromatic carbocycles. The predicted octanol–water partition coefficient (Wildman–Crippen LogP) is 5.65. The molecule has 1 aromatic rings. The van der Waals surface area contributed by atoms with E-state index in [2.05, 4.69) is 39.9 Å². The SMILES string of the molecule is CC.CCC.CCCC(C(=O)Nc1ccc(OC)cc1CCN)C(C)C. The molecule has 26 heavy (non-hydrogen) atoms. The van der Waals surface area contributed by atoms with Gasteiger partial charge < -0.3 is 15.8 Å². The van der Waals surface area contributed by atoms with Gasteiger partial charge in [-0.2, -0.15) is 0 Å². The lowest BCUT2D eigenvalue weighted by Crippen LogP contribution is -2.27. The van der Waals surface area contributed by atoms with Gasteiger partial charge in [0.05, 0.1) is 7.11 Å². The normalized spacial score (nSPS) is 10.8. The van der Waals surface area contributed by atoms with E-state index in [1.54, 1.807) is 7.11 Å². The van der Waals surface area contributed by atoms with Gasteiger partial charge in [-0.15, -0.1) is 0 Å². The number of amides is 1. The van der Waals surface area contributed by atoms with Crippen molar-refractivity contribution >= 4 is 11.6 Å². The van der Waals surface area contributed by atoms with Crippen LogP contribution in [0.5, 0.6) is 5.75 Å². The highest BCUT2D eigenvalue weighted by atomic mass is 16.5. The van der Waals surface area contributed by atoms with Crippen molar-refractivity contribution in [1.29, 1.82) is 0 Å². The molecule has 0 radical (unpaired) electrons. The summed E-state index contributed by atoms with van der Waals surface area (Å²) in [5, 5.41) is 3.06. The molecule has 0 fully saturated rings. The summed E-state index contributed by atoms with van der Waals surface area (Å²) in [6.45, 7) is 15.1. The Kier molecular flexibility index (Phi) is 17.3. The van der Waals surface area contributed by atoms with E-state index in [0.717, 1.165) is 29.8 Å². The highest BCUT2D eigenvalue weighted by molar-refractivity contribution is 5.93. The first kappa shape index (κ1) is 26.7. The molecule has 0 aromatic heterocycles. The van der Waals surface area contributed by atoms with Crippen LogP contribution in [0.25, 0.3) is 0 Å². The van der Waals surface area contributed by atoms with Crippen LogP contribution < -0.4 is 15.8 Å². The van der Waals surface area contributed by atoms with Crippen molar-refractivity contribution in [3.63, 3.8) is 0 Å². The van der Waals surface area contributed by atoms with Crippen LogP contribution in [0.1, 0.15) is 73.3 Å². The van der Waals surface area contributed by atoms with E-state index in [-0.39, 0.29) is 11.8 Å². The maximum absolute atomic E-state index is 12.5. The van der Waals surface area contributed by atoms with E-state index < -0.39 is 0 Å². The van der Waals surface area contributed by atoms with Crippen molar-refractivity contribution in [2.45, 2.75) is 74.1 Å². The number of ether oxygens (including phenoxy) is 1. The Hall–Kier alpha value is -1.55. The number of nitrogens with two attached hydrogens (primary N) is 1. The molecule has 3 N–H and O–H groups in total. The Labute approximate surface area is 161 Å². The lowest BCUT2D eigenvalue weighted by Gasteiger charge is -2.21. The van der Waals surface area contributed by atoms with Gasteiger partial charge in [0.25, 0.3) is 0 Å². The van der Waals surface area contributed by atoms with E-state index in [0.29, 0.717) is 18.9 Å². The maximum Gasteiger partial charge on any atom is 0.227 e. The van der Waals surface area contributed by atoms with Crippen molar-refractivity contribution in [1.82, 2.24) is 0 Å². The second-order valence-electron chi connectivity index (χ2n) is 6.40. The van der Waals surface area contributed by atoms with Crippen LogP contribution in [-0.4, -0.2) is 19.6 Å². The third-order valence-corrected chi connectivity index (χ3v) is 3.73. The molecule has 152 valence electrons. The number of hydrogen-bond donors (Lipinski definition) is 2. The lowest BCUT2D eigenvalue weighted by molar-refractivity contribution is -0.121. The third-order valence-electron chi connectivity index (χ3n) is 3.73. The van der Waals surface area contributed by atoms with Crippen LogP contribution in [0.4, 0.5) is 5.69 Å². The van der Waals surface area contributed by atoms with Crippen LogP contribution in [0, 0.1) is 11.8 Å². The Morgan fingerprint density at radius 2 is 1.77 bits per heavy atom. The second-order valence-corrected chi connectivity index (χ2v) is 6.40. The van der Waals surface area contributed by atoms with Gasteiger partial charge in [0.15, 0.2) is 0 Å². The summed E-state index contributed by atoms with van der Waals surface area (Å²) in [7, 11) is 1.63. The minimum atomic E-state index is 0.0443. The molecule has 0 saturated carbocycles. The maximum atomic E-state index is 12.5. The molecular formula is C22H42N2O2. The Morgan fingerprint density at radius 1 is 1.19 bits per heavy atom. The van der Waals surface area contributed by atoms with Crippen molar-refractivity contribution < 1.29 is 9.53 Å². The number of nitrogens with one attached hydrogen (secondary N) is 1. The molecule has 1 atom stereocenters. The van der Waals surface area contributed by atoms with Crippen LogP contribution in [0.3, 0.4) is 0 Å².